The third-order valence-corrected chi connectivity index (χ3v) is 10.5. The minimum Gasteiger partial charge on any atom is -0.373 e. The molecule has 53 heavy (non-hydrogen) atoms. The molecule has 0 radical (unpaired) electrons. The molecule has 1 saturated heterocycles. The Kier molecular flexibility index (Phi) is 13.5. The fraction of sp³-hybridized carbons (Fsp3) is 0.410. The molecule has 5 rings (SSSR count). The van der Waals surface area contributed by atoms with E-state index < -0.39 is 56.1 Å². The minimum absolute atomic E-state index is 0.0156. The molecule has 4 aromatic rings. The molecule has 14 heteroatoms. The summed E-state index contributed by atoms with van der Waals surface area (Å²) in [7, 11) is -0.942. The number of hydroxylamine groups is 2. The fourth-order valence-corrected chi connectivity index (χ4v) is 8.41. The predicted molar refractivity (Wildman–Crippen MR) is 202 cm³/mol. The molecule has 0 aliphatic carbocycles. The number of nitrogens with one attached hydrogen (secondary N) is 2. The first-order valence-electron chi connectivity index (χ1n) is 17.7. The lowest BCUT2D eigenvalue weighted by Gasteiger charge is -2.47. The molecule has 3 aromatic carbocycles. The van der Waals surface area contributed by atoms with Gasteiger partial charge < -0.3 is 19.3 Å². The molecule has 3 unspecified atom stereocenters. The summed E-state index contributed by atoms with van der Waals surface area (Å²) < 4.78 is 14.1. The van der Waals surface area contributed by atoms with Gasteiger partial charge in [-0.1, -0.05) is 91.0 Å². The van der Waals surface area contributed by atoms with Gasteiger partial charge in [0.15, 0.2) is 6.23 Å². The smallest absolute Gasteiger partial charge is 0.330 e. The van der Waals surface area contributed by atoms with Gasteiger partial charge in [0.05, 0.1) is 25.8 Å². The van der Waals surface area contributed by atoms with Crippen molar-refractivity contribution < 1.29 is 24.1 Å². The summed E-state index contributed by atoms with van der Waals surface area (Å²) in [5.41, 5.74) is 0.173. The topological polar surface area (TPSA) is 165 Å². The van der Waals surface area contributed by atoms with E-state index >= 15 is 0 Å². The molecule has 1 aromatic heterocycles. The number of aromatic nitrogens is 2. The summed E-state index contributed by atoms with van der Waals surface area (Å²) in [4.78, 5) is 47.5. The molecule has 1 fully saturated rings. The van der Waals surface area contributed by atoms with E-state index in [-0.39, 0.29) is 30.5 Å². The van der Waals surface area contributed by atoms with Crippen LogP contribution in [0.4, 0.5) is 0 Å². The number of hydrogen-bond acceptors (Lipinski definition) is 11. The number of rotatable bonds is 16. The number of aromatic amines is 1. The van der Waals surface area contributed by atoms with Crippen molar-refractivity contribution in [2.45, 2.75) is 95.9 Å². The Morgan fingerprint density at radius 3 is 1.94 bits per heavy atom. The second-order valence-corrected chi connectivity index (χ2v) is 14.6. The highest BCUT2D eigenvalue weighted by atomic mass is 31.2. The van der Waals surface area contributed by atoms with Crippen LogP contribution in [0.1, 0.15) is 69.0 Å². The molecule has 282 valence electrons. The summed E-state index contributed by atoms with van der Waals surface area (Å²) >= 11 is 0. The van der Waals surface area contributed by atoms with Gasteiger partial charge in [-0.3, -0.25) is 24.1 Å². The normalized spacial score (nSPS) is 19.5. The molecule has 6 atom stereocenters. The highest BCUT2D eigenvalue weighted by Crippen LogP contribution is 2.47. The first kappa shape index (κ1) is 40.1. The maximum Gasteiger partial charge on any atom is 0.330 e. The third-order valence-electron chi connectivity index (χ3n) is 9.54. The summed E-state index contributed by atoms with van der Waals surface area (Å²) in [6, 6.07) is 31.2. The summed E-state index contributed by atoms with van der Waals surface area (Å²) in [5, 5.41) is 26.9. The molecule has 0 spiro atoms. The number of aryl methyl sites for hydroxylation is 1. The number of nitriles is 1. The van der Waals surface area contributed by atoms with E-state index in [0.29, 0.717) is 0 Å². The maximum absolute atomic E-state index is 13.1. The van der Waals surface area contributed by atoms with Gasteiger partial charge in [-0.05, 0) is 51.3 Å². The Balaban J connectivity index is 1.61. The standard InChI is InChI=1S/C39H49N6O7P/c1-26(2)44(27(3)4)33(22-23-40)42-53(49)52-32-24-34(43-25-28(5)36(46)41-38(43)48)51-35(32)37(47)45(50-6)39(29-16-10-7-11-17-29,30-18-12-8-13-19-30)31-20-14-9-15-21-31/h7-21,25-27,32-35,37,42,47,49H,22,24H2,1-6H3,(H,41,46,48)/t32-,33?,34+,35-,37?,53?/m0/s1. The number of aliphatic hydroxyl groups excluding tert-OH is 1. The number of aliphatic hydroxyl groups is 1. The number of ether oxygens (including phenoxy) is 1. The first-order chi connectivity index (χ1) is 25.4. The van der Waals surface area contributed by atoms with E-state index in [9.17, 15) is 24.9 Å². The van der Waals surface area contributed by atoms with Crippen molar-refractivity contribution in [2.75, 3.05) is 7.11 Å². The molecule has 2 heterocycles. The van der Waals surface area contributed by atoms with E-state index in [0.717, 1.165) is 16.7 Å². The van der Waals surface area contributed by atoms with E-state index in [1.165, 1.54) is 22.9 Å². The Morgan fingerprint density at radius 1 is 0.981 bits per heavy atom. The van der Waals surface area contributed by atoms with Crippen LogP contribution in [-0.4, -0.2) is 73.3 Å². The zero-order valence-corrected chi connectivity index (χ0v) is 31.8. The number of H-pyrrole nitrogens is 1. The van der Waals surface area contributed by atoms with Crippen LogP contribution in [0.25, 0.3) is 0 Å². The van der Waals surface area contributed by atoms with Crippen molar-refractivity contribution in [1.29, 1.82) is 5.26 Å². The van der Waals surface area contributed by atoms with Crippen LogP contribution in [0, 0.1) is 18.3 Å². The van der Waals surface area contributed by atoms with Crippen LogP contribution in [-0.2, 0) is 19.6 Å². The van der Waals surface area contributed by atoms with E-state index in [2.05, 4.69) is 21.0 Å². The monoisotopic (exact) mass is 744 g/mol. The van der Waals surface area contributed by atoms with Gasteiger partial charge in [0, 0.05) is 30.3 Å². The molecule has 0 bridgehead atoms. The Hall–Kier alpha value is -4.06. The second-order valence-electron chi connectivity index (χ2n) is 13.6. The average molecular weight is 745 g/mol. The first-order valence-corrected chi connectivity index (χ1v) is 18.9. The molecule has 1 aliphatic heterocycles. The highest BCUT2D eigenvalue weighted by Gasteiger charge is 2.52. The van der Waals surface area contributed by atoms with Gasteiger partial charge >= 0.3 is 5.69 Å². The summed E-state index contributed by atoms with van der Waals surface area (Å²) in [5.74, 6) is 0. The van der Waals surface area contributed by atoms with Gasteiger partial charge in [-0.25, -0.2) is 9.88 Å². The van der Waals surface area contributed by atoms with E-state index in [1.54, 1.807) is 6.92 Å². The van der Waals surface area contributed by atoms with Crippen LogP contribution in [0.5, 0.6) is 0 Å². The number of hydrogen-bond donors (Lipinski definition) is 4. The van der Waals surface area contributed by atoms with Gasteiger partial charge in [0.25, 0.3) is 14.1 Å². The quantitative estimate of drug-likeness (QED) is 0.0536. The van der Waals surface area contributed by atoms with Crippen molar-refractivity contribution in [1.82, 2.24) is 24.6 Å². The van der Waals surface area contributed by atoms with Gasteiger partial charge in [0.2, 0.25) is 0 Å². The predicted octanol–water partition coefficient (Wildman–Crippen LogP) is 4.86. The van der Waals surface area contributed by atoms with Gasteiger partial charge in [-0.2, -0.15) is 5.26 Å². The summed E-state index contributed by atoms with van der Waals surface area (Å²) in [6.45, 7) is 9.62. The lowest BCUT2D eigenvalue weighted by molar-refractivity contribution is -0.292. The Morgan fingerprint density at radius 2 is 1.49 bits per heavy atom. The van der Waals surface area contributed by atoms with Crippen LogP contribution < -0.4 is 16.3 Å². The highest BCUT2D eigenvalue weighted by molar-refractivity contribution is 7.43. The van der Waals surface area contributed by atoms with Crippen LogP contribution in [0.15, 0.2) is 107 Å². The van der Waals surface area contributed by atoms with E-state index in [1.807, 2.05) is 119 Å². The van der Waals surface area contributed by atoms with Crippen LogP contribution in [0.2, 0.25) is 0 Å². The van der Waals surface area contributed by atoms with Crippen molar-refractivity contribution >= 4 is 8.53 Å². The minimum atomic E-state index is -2.40. The fourth-order valence-electron chi connectivity index (χ4n) is 7.40. The molecule has 0 saturated carbocycles. The van der Waals surface area contributed by atoms with Crippen molar-refractivity contribution in [2.24, 2.45) is 0 Å². The van der Waals surface area contributed by atoms with Crippen LogP contribution in [0.3, 0.4) is 0 Å². The average Bonchev–Trinajstić information content (AvgIpc) is 3.55. The maximum atomic E-state index is 13.1. The third kappa shape index (κ3) is 8.53. The number of benzene rings is 3. The second kappa shape index (κ2) is 17.8. The molecule has 1 aliphatic rings. The molecular formula is C39H49N6O7P. The zero-order chi connectivity index (χ0) is 38.3. The largest absolute Gasteiger partial charge is 0.373 e. The molecule has 0 amide bonds. The Bertz CT molecular complexity index is 1820. The Labute approximate surface area is 311 Å². The van der Waals surface area contributed by atoms with Crippen LogP contribution >= 0.6 is 8.53 Å². The number of nitrogens with zero attached hydrogens (tertiary/aromatic N) is 4. The lowest BCUT2D eigenvalue weighted by Crippen LogP contribution is -2.58. The van der Waals surface area contributed by atoms with Crippen molar-refractivity contribution in [3.63, 3.8) is 0 Å². The molecular weight excluding hydrogens is 695 g/mol. The van der Waals surface area contributed by atoms with Gasteiger partial charge in [0.1, 0.15) is 24.0 Å². The zero-order valence-electron chi connectivity index (χ0n) is 30.9. The molecule has 13 nitrogen and oxygen atoms in total. The van der Waals surface area contributed by atoms with Crippen molar-refractivity contribution in [3.8, 4) is 6.07 Å². The molecule has 4 N–H and O–H groups in total. The van der Waals surface area contributed by atoms with Gasteiger partial charge in [-0.15, -0.1) is 5.06 Å². The summed E-state index contributed by atoms with van der Waals surface area (Å²) in [6.07, 6.45) is -3.84. The lowest BCUT2D eigenvalue weighted by atomic mass is 9.76. The van der Waals surface area contributed by atoms with Crippen molar-refractivity contribution in [3.05, 3.63) is 140 Å². The van der Waals surface area contributed by atoms with E-state index in [4.69, 9.17) is 14.1 Å². The SMILES string of the molecule is CON(C(O)[C@H]1O[C@@H](n2cc(C)c(=O)[nH]c2=O)C[C@@H]1OP(O)NC(CC#N)N(C(C)C)C(C)C)C(c1ccccc1)(c1ccccc1)c1ccccc1.